The van der Waals surface area contributed by atoms with Crippen molar-refractivity contribution in [2.24, 2.45) is 0 Å². The number of benzene rings is 1. The highest BCUT2D eigenvalue weighted by atomic mass is 32.2. The summed E-state index contributed by atoms with van der Waals surface area (Å²) in [5, 5.41) is 9.55. The summed E-state index contributed by atoms with van der Waals surface area (Å²) in [6.45, 7) is 3.55. The molecule has 19 heavy (non-hydrogen) atoms. The summed E-state index contributed by atoms with van der Waals surface area (Å²) in [4.78, 5) is 16.0. The Morgan fingerprint density at radius 2 is 2.11 bits per heavy atom. The summed E-state index contributed by atoms with van der Waals surface area (Å²) in [5.74, 6) is 0.185. The van der Waals surface area contributed by atoms with Gasteiger partial charge in [0, 0.05) is 5.69 Å². The molecule has 0 aliphatic heterocycles. The maximum atomic E-state index is 12.7. The quantitative estimate of drug-likeness (QED) is 0.843. The van der Waals surface area contributed by atoms with E-state index in [-0.39, 0.29) is 17.0 Å². The molecule has 0 aliphatic rings. The molecule has 2 rings (SSSR count). The molecule has 0 fully saturated rings. The van der Waals surface area contributed by atoms with Crippen molar-refractivity contribution in [2.75, 3.05) is 5.32 Å². The Balaban J connectivity index is 1.94. The number of carbonyl (C=O) groups is 1. The van der Waals surface area contributed by atoms with Crippen LogP contribution in [-0.2, 0) is 4.79 Å². The lowest BCUT2D eigenvalue weighted by Crippen LogP contribution is -2.22. The first-order valence-electron chi connectivity index (χ1n) is 5.66. The van der Waals surface area contributed by atoms with Crippen LogP contribution >= 0.6 is 11.8 Å². The van der Waals surface area contributed by atoms with Crippen molar-refractivity contribution < 1.29 is 9.18 Å². The maximum Gasteiger partial charge on any atom is 0.237 e. The summed E-state index contributed by atoms with van der Waals surface area (Å²) in [7, 11) is 0. The number of carbonyl (C=O) groups excluding carboxylic acids is 1. The molecule has 2 N–H and O–H groups in total. The average molecular weight is 280 g/mol. The predicted molar refractivity (Wildman–Crippen MR) is 71.5 cm³/mol. The van der Waals surface area contributed by atoms with Gasteiger partial charge in [-0.25, -0.2) is 9.37 Å². The van der Waals surface area contributed by atoms with Crippen LogP contribution in [0.15, 0.2) is 29.4 Å². The monoisotopic (exact) mass is 280 g/mol. The van der Waals surface area contributed by atoms with Gasteiger partial charge in [0.1, 0.15) is 11.6 Å². The van der Waals surface area contributed by atoms with E-state index in [4.69, 9.17) is 0 Å². The van der Waals surface area contributed by atoms with Crippen molar-refractivity contribution in [1.82, 2.24) is 15.2 Å². The molecule has 0 radical (unpaired) electrons. The van der Waals surface area contributed by atoms with Crippen LogP contribution in [0, 0.1) is 12.7 Å². The fourth-order valence-electron chi connectivity index (χ4n) is 1.36. The van der Waals surface area contributed by atoms with Crippen LogP contribution in [0.25, 0.3) is 0 Å². The van der Waals surface area contributed by atoms with E-state index in [0.717, 1.165) is 0 Å². The van der Waals surface area contributed by atoms with E-state index in [1.807, 2.05) is 0 Å². The first-order valence-corrected chi connectivity index (χ1v) is 6.54. The number of hydrogen-bond acceptors (Lipinski definition) is 4. The van der Waals surface area contributed by atoms with Crippen LogP contribution in [0.1, 0.15) is 12.7 Å². The minimum absolute atomic E-state index is 0.181. The molecule has 1 amide bonds. The van der Waals surface area contributed by atoms with E-state index in [0.29, 0.717) is 16.7 Å². The molecule has 1 aromatic heterocycles. The third-order valence-electron chi connectivity index (χ3n) is 2.34. The summed E-state index contributed by atoms with van der Waals surface area (Å²) < 4.78 is 12.7. The molecule has 0 aliphatic carbocycles. The van der Waals surface area contributed by atoms with Gasteiger partial charge in [-0.15, -0.1) is 5.10 Å². The van der Waals surface area contributed by atoms with Gasteiger partial charge in [0.2, 0.25) is 11.1 Å². The molecule has 5 nitrogen and oxygen atoms in total. The van der Waals surface area contributed by atoms with Crippen molar-refractivity contribution in [2.45, 2.75) is 24.3 Å². The number of anilines is 1. The van der Waals surface area contributed by atoms with Crippen molar-refractivity contribution >= 4 is 23.4 Å². The number of H-pyrrole nitrogens is 1. The minimum Gasteiger partial charge on any atom is -0.325 e. The van der Waals surface area contributed by atoms with Crippen molar-refractivity contribution in [3.05, 3.63) is 35.9 Å². The number of aryl methyl sites for hydroxylation is 1. The second kappa shape index (κ2) is 5.83. The van der Waals surface area contributed by atoms with Gasteiger partial charge >= 0.3 is 0 Å². The van der Waals surface area contributed by atoms with E-state index in [9.17, 15) is 9.18 Å². The largest absolute Gasteiger partial charge is 0.325 e. The SMILES string of the molecule is Cc1nc(SC(C)C(=O)Nc2ccc(F)cc2)n[nH]1. The van der Waals surface area contributed by atoms with E-state index >= 15 is 0 Å². The van der Waals surface area contributed by atoms with Crippen LogP contribution in [-0.4, -0.2) is 26.3 Å². The molecule has 100 valence electrons. The van der Waals surface area contributed by atoms with Gasteiger partial charge in [0.25, 0.3) is 0 Å². The highest BCUT2D eigenvalue weighted by molar-refractivity contribution is 8.00. The topological polar surface area (TPSA) is 70.7 Å². The zero-order chi connectivity index (χ0) is 13.8. The zero-order valence-corrected chi connectivity index (χ0v) is 11.3. The Kier molecular flexibility index (Phi) is 4.16. The molecule has 0 saturated heterocycles. The van der Waals surface area contributed by atoms with Gasteiger partial charge in [-0.05, 0) is 38.1 Å². The third kappa shape index (κ3) is 3.78. The van der Waals surface area contributed by atoms with Crippen molar-refractivity contribution in [3.8, 4) is 0 Å². The van der Waals surface area contributed by atoms with Crippen LogP contribution in [0.2, 0.25) is 0 Å². The number of aromatic nitrogens is 3. The van der Waals surface area contributed by atoms with Gasteiger partial charge in [-0.2, -0.15) is 0 Å². The zero-order valence-electron chi connectivity index (χ0n) is 10.5. The van der Waals surface area contributed by atoms with E-state index < -0.39 is 0 Å². The molecule has 1 heterocycles. The lowest BCUT2D eigenvalue weighted by molar-refractivity contribution is -0.115. The van der Waals surface area contributed by atoms with E-state index in [1.165, 1.54) is 36.0 Å². The number of aromatic amines is 1. The highest BCUT2D eigenvalue weighted by Gasteiger charge is 2.16. The van der Waals surface area contributed by atoms with E-state index in [1.54, 1.807) is 13.8 Å². The van der Waals surface area contributed by atoms with Crippen LogP contribution < -0.4 is 5.32 Å². The Bertz CT molecular complexity index is 569. The molecular weight excluding hydrogens is 267 g/mol. The minimum atomic E-state index is -0.347. The molecule has 0 spiro atoms. The molecule has 2 aromatic rings. The second-order valence-corrected chi connectivity index (χ2v) is 5.27. The number of rotatable bonds is 4. The smallest absolute Gasteiger partial charge is 0.237 e. The number of hydrogen-bond donors (Lipinski definition) is 2. The molecule has 7 heteroatoms. The number of nitrogens with one attached hydrogen (secondary N) is 2. The number of halogens is 1. The fraction of sp³-hybridized carbons (Fsp3) is 0.250. The lowest BCUT2D eigenvalue weighted by atomic mass is 10.3. The van der Waals surface area contributed by atoms with Gasteiger partial charge in [0.15, 0.2) is 0 Å². The Hall–Kier alpha value is -1.89. The molecule has 1 atom stereocenters. The average Bonchev–Trinajstić information content (AvgIpc) is 2.77. The Labute approximate surface area is 114 Å². The Morgan fingerprint density at radius 3 is 2.68 bits per heavy atom. The first kappa shape index (κ1) is 13.5. The highest BCUT2D eigenvalue weighted by Crippen LogP contribution is 2.20. The van der Waals surface area contributed by atoms with Crippen molar-refractivity contribution in [3.63, 3.8) is 0 Å². The van der Waals surface area contributed by atoms with Gasteiger partial charge in [0.05, 0.1) is 5.25 Å². The number of amides is 1. The standard InChI is InChI=1S/C12H13FN4OS/c1-7(19-12-14-8(2)16-17-12)11(18)15-10-5-3-9(13)4-6-10/h3-7H,1-2H3,(H,15,18)(H,14,16,17). The summed E-state index contributed by atoms with van der Waals surface area (Å²) >= 11 is 1.26. The number of nitrogens with zero attached hydrogens (tertiary/aromatic N) is 2. The van der Waals surface area contributed by atoms with Gasteiger partial charge in [-0.3, -0.25) is 9.89 Å². The molecule has 0 saturated carbocycles. The van der Waals surface area contributed by atoms with Gasteiger partial charge < -0.3 is 5.32 Å². The van der Waals surface area contributed by atoms with Gasteiger partial charge in [-0.1, -0.05) is 11.8 Å². The second-order valence-electron chi connectivity index (χ2n) is 3.96. The molecule has 0 bridgehead atoms. The normalized spacial score (nSPS) is 12.2. The maximum absolute atomic E-state index is 12.7. The third-order valence-corrected chi connectivity index (χ3v) is 3.30. The van der Waals surface area contributed by atoms with Crippen LogP contribution in [0.4, 0.5) is 10.1 Å². The van der Waals surface area contributed by atoms with Crippen molar-refractivity contribution in [1.29, 1.82) is 0 Å². The van der Waals surface area contributed by atoms with E-state index in [2.05, 4.69) is 20.5 Å². The molecule has 1 aromatic carbocycles. The summed E-state index contributed by atoms with van der Waals surface area (Å²) in [6.07, 6.45) is 0. The Morgan fingerprint density at radius 1 is 1.42 bits per heavy atom. The molecule has 1 unspecified atom stereocenters. The molecular formula is C12H13FN4OS. The predicted octanol–water partition coefficient (Wildman–Crippen LogP) is 2.37. The first-order chi connectivity index (χ1) is 9.04. The number of thioether (sulfide) groups is 1. The summed E-state index contributed by atoms with van der Waals surface area (Å²) in [5.41, 5.74) is 0.560. The fourth-order valence-corrected chi connectivity index (χ4v) is 2.13. The van der Waals surface area contributed by atoms with Crippen LogP contribution in [0.3, 0.4) is 0 Å². The van der Waals surface area contributed by atoms with Crippen LogP contribution in [0.5, 0.6) is 0 Å². The summed E-state index contributed by atoms with van der Waals surface area (Å²) in [6, 6.07) is 5.63. The lowest BCUT2D eigenvalue weighted by Gasteiger charge is -2.09.